The zero-order valence-electron chi connectivity index (χ0n) is 16.5. The van der Waals surface area contributed by atoms with Gasteiger partial charge in [0.15, 0.2) is 11.5 Å². The molecule has 28 heavy (non-hydrogen) atoms. The zero-order chi connectivity index (χ0) is 19.7. The number of hydrogen-bond acceptors (Lipinski definition) is 5. The molecule has 3 aromatic rings. The molecule has 0 aliphatic carbocycles. The number of imidazole rings is 1. The molecular formula is C21H23N5O2. The van der Waals surface area contributed by atoms with E-state index < -0.39 is 0 Å². The number of aryl methyl sites for hydroxylation is 1. The molecule has 7 nitrogen and oxygen atoms in total. The number of hydrogen-bond donors (Lipinski definition) is 0. The zero-order valence-corrected chi connectivity index (χ0v) is 16.5. The molecular weight excluding hydrogens is 354 g/mol. The standard InChI is InChI=1S/C21H23N5O2/c1-14-11-16(7-8-22-14)20-19(24-21(26(20)4)23-13-25(2)3)15-5-6-17-18(12-15)28-10-9-27-17/h5-8,11-13H,9-10H2,1-4H3/b23-13-. The minimum atomic E-state index is 0.549. The Bertz CT molecular complexity index is 1040. The topological polar surface area (TPSA) is 64.8 Å². The summed E-state index contributed by atoms with van der Waals surface area (Å²) in [6.45, 7) is 3.10. The van der Waals surface area contributed by atoms with Gasteiger partial charge in [0.2, 0.25) is 5.95 Å². The highest BCUT2D eigenvalue weighted by molar-refractivity contribution is 5.82. The van der Waals surface area contributed by atoms with Crippen LogP contribution in [0.4, 0.5) is 5.95 Å². The molecule has 0 saturated heterocycles. The number of rotatable bonds is 4. The van der Waals surface area contributed by atoms with E-state index in [1.54, 1.807) is 6.34 Å². The van der Waals surface area contributed by atoms with Crippen LogP contribution in [0, 0.1) is 6.92 Å². The largest absolute Gasteiger partial charge is 0.486 e. The second-order valence-corrected chi connectivity index (χ2v) is 6.92. The van der Waals surface area contributed by atoms with Crippen molar-refractivity contribution in [3.63, 3.8) is 0 Å². The second kappa shape index (κ2) is 7.34. The van der Waals surface area contributed by atoms with Gasteiger partial charge in [-0.2, -0.15) is 0 Å². The first-order valence-electron chi connectivity index (χ1n) is 9.13. The Morgan fingerprint density at radius 2 is 1.86 bits per heavy atom. The van der Waals surface area contributed by atoms with Gasteiger partial charge >= 0.3 is 0 Å². The summed E-state index contributed by atoms with van der Waals surface area (Å²) in [6.07, 6.45) is 3.56. The predicted molar refractivity (Wildman–Crippen MR) is 109 cm³/mol. The Morgan fingerprint density at radius 3 is 2.61 bits per heavy atom. The Hall–Kier alpha value is -3.35. The molecule has 0 fully saturated rings. The molecule has 0 saturated carbocycles. The highest BCUT2D eigenvalue weighted by atomic mass is 16.6. The van der Waals surface area contributed by atoms with E-state index in [1.807, 2.05) is 68.0 Å². The quantitative estimate of drug-likeness (QED) is 0.515. The molecule has 0 bridgehead atoms. The number of fused-ring (bicyclic) bond motifs is 1. The van der Waals surface area contributed by atoms with E-state index in [1.165, 1.54) is 0 Å². The van der Waals surface area contributed by atoms with Crippen LogP contribution in [0.25, 0.3) is 22.5 Å². The SMILES string of the molecule is Cc1cc(-c2c(-c3ccc4c(c3)OCCO4)nc(/N=C\N(C)C)n2C)ccn1. The van der Waals surface area contributed by atoms with Gasteiger partial charge in [-0.3, -0.25) is 4.98 Å². The summed E-state index contributed by atoms with van der Waals surface area (Å²) in [5.74, 6) is 2.13. The average Bonchev–Trinajstić information content (AvgIpc) is 3.02. The van der Waals surface area contributed by atoms with Gasteiger partial charge in [0.05, 0.1) is 17.7 Å². The number of benzene rings is 1. The average molecular weight is 377 g/mol. The van der Waals surface area contributed by atoms with Gasteiger partial charge in [0.1, 0.15) is 13.2 Å². The van der Waals surface area contributed by atoms with E-state index >= 15 is 0 Å². The molecule has 0 atom stereocenters. The Kier molecular flexibility index (Phi) is 4.73. The molecule has 1 aromatic carbocycles. The van der Waals surface area contributed by atoms with Crippen molar-refractivity contribution in [3.8, 4) is 34.0 Å². The molecule has 1 aliphatic rings. The smallest absolute Gasteiger partial charge is 0.231 e. The van der Waals surface area contributed by atoms with E-state index in [0.29, 0.717) is 19.2 Å². The highest BCUT2D eigenvalue weighted by Crippen LogP contribution is 2.39. The van der Waals surface area contributed by atoms with Gasteiger partial charge in [-0.15, -0.1) is 0 Å². The first kappa shape index (κ1) is 18.0. The third kappa shape index (κ3) is 3.43. The first-order chi connectivity index (χ1) is 13.5. The molecule has 2 aromatic heterocycles. The third-order valence-electron chi connectivity index (χ3n) is 4.46. The van der Waals surface area contributed by atoms with Crippen molar-refractivity contribution < 1.29 is 9.47 Å². The van der Waals surface area contributed by atoms with Crippen LogP contribution in [0.1, 0.15) is 5.69 Å². The van der Waals surface area contributed by atoms with Gasteiger partial charge in [-0.1, -0.05) is 0 Å². The molecule has 0 spiro atoms. The van der Waals surface area contributed by atoms with E-state index in [9.17, 15) is 0 Å². The molecule has 0 amide bonds. The number of aliphatic imine (C=N–C) groups is 1. The summed E-state index contributed by atoms with van der Waals surface area (Å²) in [5, 5.41) is 0. The minimum absolute atomic E-state index is 0.549. The molecule has 3 heterocycles. The van der Waals surface area contributed by atoms with Crippen molar-refractivity contribution in [1.82, 2.24) is 19.4 Å². The lowest BCUT2D eigenvalue weighted by Crippen LogP contribution is -2.15. The van der Waals surface area contributed by atoms with Crippen molar-refractivity contribution >= 4 is 12.3 Å². The summed E-state index contributed by atoms with van der Waals surface area (Å²) in [6, 6.07) is 9.96. The Balaban J connectivity index is 1.89. The van der Waals surface area contributed by atoms with E-state index in [-0.39, 0.29) is 0 Å². The fourth-order valence-electron chi connectivity index (χ4n) is 3.18. The van der Waals surface area contributed by atoms with E-state index in [4.69, 9.17) is 14.5 Å². The maximum atomic E-state index is 5.76. The molecule has 4 rings (SSSR count). The van der Waals surface area contributed by atoms with Crippen molar-refractivity contribution in [2.24, 2.45) is 12.0 Å². The van der Waals surface area contributed by atoms with Gasteiger partial charge in [0.25, 0.3) is 0 Å². The van der Waals surface area contributed by atoms with Gasteiger partial charge in [-0.05, 0) is 37.3 Å². The van der Waals surface area contributed by atoms with Gasteiger partial charge in [0, 0.05) is 44.2 Å². The Morgan fingerprint density at radius 1 is 1.07 bits per heavy atom. The number of pyridine rings is 1. The highest BCUT2D eigenvalue weighted by Gasteiger charge is 2.20. The fourth-order valence-corrected chi connectivity index (χ4v) is 3.18. The predicted octanol–water partition coefficient (Wildman–Crippen LogP) is 3.45. The molecule has 0 radical (unpaired) electrons. The maximum Gasteiger partial charge on any atom is 0.231 e. The monoisotopic (exact) mass is 377 g/mol. The van der Waals surface area contributed by atoms with E-state index in [0.717, 1.165) is 39.7 Å². The molecule has 0 N–H and O–H groups in total. The van der Waals surface area contributed by atoms with Crippen LogP contribution in [0.5, 0.6) is 11.5 Å². The summed E-state index contributed by atoms with van der Waals surface area (Å²) in [4.78, 5) is 15.6. The summed E-state index contributed by atoms with van der Waals surface area (Å²) >= 11 is 0. The summed E-state index contributed by atoms with van der Waals surface area (Å²) in [7, 11) is 5.84. The molecule has 144 valence electrons. The van der Waals surface area contributed by atoms with Gasteiger partial charge in [-0.25, -0.2) is 9.98 Å². The Labute approximate surface area is 164 Å². The summed E-state index contributed by atoms with van der Waals surface area (Å²) < 4.78 is 13.4. The van der Waals surface area contributed by atoms with Crippen molar-refractivity contribution in [1.29, 1.82) is 0 Å². The van der Waals surface area contributed by atoms with Gasteiger partial charge < -0.3 is 18.9 Å². The lowest BCUT2D eigenvalue weighted by atomic mass is 10.0. The lowest BCUT2D eigenvalue weighted by molar-refractivity contribution is 0.171. The maximum absolute atomic E-state index is 5.76. The van der Waals surface area contributed by atoms with Crippen molar-refractivity contribution in [3.05, 3.63) is 42.2 Å². The van der Waals surface area contributed by atoms with Crippen LogP contribution < -0.4 is 9.47 Å². The van der Waals surface area contributed by atoms with Crippen LogP contribution >= 0.6 is 0 Å². The summed E-state index contributed by atoms with van der Waals surface area (Å²) in [5.41, 5.74) is 4.77. The van der Waals surface area contributed by atoms with Crippen LogP contribution in [-0.4, -0.2) is 53.1 Å². The minimum Gasteiger partial charge on any atom is -0.486 e. The number of aromatic nitrogens is 3. The second-order valence-electron chi connectivity index (χ2n) is 6.92. The molecule has 7 heteroatoms. The fraction of sp³-hybridized carbons (Fsp3) is 0.286. The third-order valence-corrected chi connectivity index (χ3v) is 4.46. The lowest BCUT2D eigenvalue weighted by Gasteiger charge is -2.18. The number of ether oxygens (including phenoxy) is 2. The number of nitrogens with zero attached hydrogens (tertiary/aromatic N) is 5. The first-order valence-corrected chi connectivity index (χ1v) is 9.13. The molecule has 0 unspecified atom stereocenters. The van der Waals surface area contributed by atoms with Crippen molar-refractivity contribution in [2.45, 2.75) is 6.92 Å². The van der Waals surface area contributed by atoms with E-state index in [2.05, 4.69) is 16.0 Å². The van der Waals surface area contributed by atoms with Crippen LogP contribution in [-0.2, 0) is 7.05 Å². The van der Waals surface area contributed by atoms with Crippen molar-refractivity contribution in [2.75, 3.05) is 27.3 Å². The molecule has 1 aliphatic heterocycles. The van der Waals surface area contributed by atoms with Crippen LogP contribution in [0.3, 0.4) is 0 Å². The normalized spacial score (nSPS) is 13.1. The van der Waals surface area contributed by atoms with Crippen LogP contribution in [0.2, 0.25) is 0 Å². The van der Waals surface area contributed by atoms with Crippen LogP contribution in [0.15, 0.2) is 41.5 Å².